The van der Waals surface area contributed by atoms with Crippen molar-refractivity contribution < 1.29 is 13.2 Å². The smallest absolute Gasteiger partial charge is 0.236 e. The molecule has 4 rings (SSSR count). The largest absolute Gasteiger partial charge is 0.302 e. The van der Waals surface area contributed by atoms with Crippen molar-refractivity contribution in [1.29, 1.82) is 0 Å². The molecule has 0 bridgehead atoms. The van der Waals surface area contributed by atoms with Gasteiger partial charge in [-0.15, -0.1) is 22.7 Å². The normalized spacial score (nSPS) is 16.1. The van der Waals surface area contributed by atoms with Gasteiger partial charge in [0.2, 0.25) is 15.9 Å². The molecule has 156 valence electrons. The summed E-state index contributed by atoms with van der Waals surface area (Å²) < 4.78 is 26.6. The first-order valence-electron chi connectivity index (χ1n) is 9.55. The Hall–Kier alpha value is -2.33. The number of sulfonamides is 1. The second kappa shape index (κ2) is 9.22. The van der Waals surface area contributed by atoms with E-state index in [1.807, 2.05) is 53.2 Å². The summed E-state index contributed by atoms with van der Waals surface area (Å²) in [4.78, 5) is 18.1. The minimum atomic E-state index is -3.50. The summed E-state index contributed by atoms with van der Waals surface area (Å²) in [5.41, 5.74) is 1.69. The van der Waals surface area contributed by atoms with E-state index in [0.717, 1.165) is 16.1 Å². The van der Waals surface area contributed by atoms with Gasteiger partial charge in [-0.1, -0.05) is 36.4 Å². The summed E-state index contributed by atoms with van der Waals surface area (Å²) in [6.07, 6.45) is 2.59. The van der Waals surface area contributed by atoms with E-state index in [9.17, 15) is 13.2 Å². The van der Waals surface area contributed by atoms with Crippen LogP contribution in [0.2, 0.25) is 0 Å². The molecule has 1 saturated heterocycles. The lowest BCUT2D eigenvalue weighted by molar-refractivity contribution is -0.120. The number of thiophene rings is 1. The Kier molecular flexibility index (Phi) is 6.43. The van der Waals surface area contributed by atoms with Gasteiger partial charge in [-0.25, -0.2) is 13.4 Å². The van der Waals surface area contributed by atoms with Crippen LogP contribution in [0, 0.1) is 5.92 Å². The second-order valence-electron chi connectivity index (χ2n) is 6.94. The van der Waals surface area contributed by atoms with Crippen molar-refractivity contribution in [3.63, 3.8) is 0 Å². The van der Waals surface area contributed by atoms with E-state index in [4.69, 9.17) is 0 Å². The average Bonchev–Trinajstić information content (AvgIpc) is 3.45. The van der Waals surface area contributed by atoms with Crippen LogP contribution in [0.4, 0.5) is 5.13 Å². The van der Waals surface area contributed by atoms with Crippen LogP contribution in [0.5, 0.6) is 0 Å². The van der Waals surface area contributed by atoms with Crippen molar-refractivity contribution >= 4 is 49.8 Å². The van der Waals surface area contributed by atoms with E-state index in [-0.39, 0.29) is 11.8 Å². The highest BCUT2D eigenvalue weighted by Gasteiger charge is 2.30. The SMILES string of the molecule is O=C(Nc1nc(-c2cccs2)cs1)C1CCN(S(=O)(=O)/C=C/c2ccccc2)CC1. The third kappa shape index (κ3) is 5.04. The van der Waals surface area contributed by atoms with Gasteiger partial charge in [0, 0.05) is 29.8 Å². The highest BCUT2D eigenvalue weighted by molar-refractivity contribution is 7.92. The molecule has 0 spiro atoms. The molecule has 0 radical (unpaired) electrons. The molecule has 1 fully saturated rings. The first kappa shape index (κ1) is 20.9. The van der Waals surface area contributed by atoms with Crippen molar-refractivity contribution in [1.82, 2.24) is 9.29 Å². The molecule has 0 unspecified atom stereocenters. The molecule has 3 heterocycles. The zero-order chi connectivity index (χ0) is 21.0. The molecular weight excluding hydrogens is 438 g/mol. The third-order valence-corrected chi connectivity index (χ3v) is 8.14. The fraction of sp³-hybridized carbons (Fsp3) is 0.238. The van der Waals surface area contributed by atoms with Gasteiger partial charge in [0.1, 0.15) is 0 Å². The van der Waals surface area contributed by atoms with Crippen LogP contribution in [-0.2, 0) is 14.8 Å². The molecular formula is C21H21N3O3S3. The summed E-state index contributed by atoms with van der Waals surface area (Å²) in [7, 11) is -3.50. The minimum Gasteiger partial charge on any atom is -0.302 e. The first-order chi connectivity index (χ1) is 14.5. The van der Waals surface area contributed by atoms with Crippen LogP contribution in [-0.4, -0.2) is 36.7 Å². The fourth-order valence-corrected chi connectivity index (χ4v) is 5.96. The predicted octanol–water partition coefficient (Wildman–Crippen LogP) is 4.52. The monoisotopic (exact) mass is 459 g/mol. The zero-order valence-corrected chi connectivity index (χ0v) is 18.6. The maximum atomic E-state index is 12.6. The van der Waals surface area contributed by atoms with Crippen LogP contribution in [0.15, 0.2) is 58.6 Å². The Labute approximate surface area is 184 Å². The lowest BCUT2D eigenvalue weighted by Gasteiger charge is -2.29. The van der Waals surface area contributed by atoms with Crippen molar-refractivity contribution in [2.24, 2.45) is 5.92 Å². The van der Waals surface area contributed by atoms with Crippen LogP contribution in [0.3, 0.4) is 0 Å². The number of nitrogens with one attached hydrogen (secondary N) is 1. The zero-order valence-electron chi connectivity index (χ0n) is 16.1. The van der Waals surface area contributed by atoms with Crippen LogP contribution in [0.25, 0.3) is 16.6 Å². The van der Waals surface area contributed by atoms with Gasteiger partial charge in [-0.3, -0.25) is 4.79 Å². The molecule has 1 aliphatic heterocycles. The number of thiazole rings is 1. The van der Waals surface area contributed by atoms with E-state index < -0.39 is 10.0 Å². The summed E-state index contributed by atoms with van der Waals surface area (Å²) in [5.74, 6) is -0.317. The van der Waals surface area contributed by atoms with Crippen LogP contribution in [0.1, 0.15) is 18.4 Å². The van der Waals surface area contributed by atoms with Gasteiger partial charge in [0.15, 0.2) is 5.13 Å². The Morgan fingerprint density at radius 2 is 1.87 bits per heavy atom. The molecule has 9 heteroatoms. The molecule has 2 aromatic heterocycles. The molecule has 3 aromatic rings. The number of piperidine rings is 1. The maximum absolute atomic E-state index is 12.6. The molecule has 0 aliphatic carbocycles. The van der Waals surface area contributed by atoms with Gasteiger partial charge in [-0.2, -0.15) is 4.31 Å². The van der Waals surface area contributed by atoms with Crippen molar-refractivity contribution in [2.45, 2.75) is 12.8 Å². The standard InChI is InChI=1S/C21H21N3O3S3/c25-20(23-21-22-18(15-29-21)19-7-4-13-28-19)17-8-11-24(12-9-17)30(26,27)14-10-16-5-2-1-3-6-16/h1-7,10,13-15,17H,8-9,11-12H2,(H,22,23,25)/b14-10+. The van der Waals surface area contributed by atoms with E-state index in [1.165, 1.54) is 21.1 Å². The molecule has 1 amide bonds. The van der Waals surface area contributed by atoms with E-state index in [2.05, 4.69) is 10.3 Å². The maximum Gasteiger partial charge on any atom is 0.236 e. The molecule has 6 nitrogen and oxygen atoms in total. The third-order valence-electron chi connectivity index (χ3n) is 4.92. The van der Waals surface area contributed by atoms with Gasteiger partial charge in [-0.05, 0) is 35.9 Å². The average molecular weight is 460 g/mol. The minimum absolute atomic E-state index is 0.0982. The summed E-state index contributed by atoms with van der Waals surface area (Å²) >= 11 is 3.00. The molecule has 1 aliphatic rings. The Morgan fingerprint density at radius 1 is 1.10 bits per heavy atom. The predicted molar refractivity (Wildman–Crippen MR) is 123 cm³/mol. The molecule has 0 atom stereocenters. The van der Waals surface area contributed by atoms with E-state index in [0.29, 0.717) is 31.1 Å². The van der Waals surface area contributed by atoms with Gasteiger partial charge >= 0.3 is 0 Å². The Bertz CT molecular complexity index is 1110. The number of benzene rings is 1. The summed E-state index contributed by atoms with van der Waals surface area (Å²) in [6, 6.07) is 13.3. The van der Waals surface area contributed by atoms with Crippen LogP contribution < -0.4 is 5.32 Å². The quantitative estimate of drug-likeness (QED) is 0.588. The number of carbonyl (C=O) groups excluding carboxylic acids is 1. The number of anilines is 1. The van der Waals surface area contributed by atoms with Crippen LogP contribution >= 0.6 is 22.7 Å². The number of carbonyl (C=O) groups is 1. The fourth-order valence-electron chi connectivity index (χ4n) is 3.26. The second-order valence-corrected chi connectivity index (χ2v) is 10.6. The molecule has 30 heavy (non-hydrogen) atoms. The number of nitrogens with zero attached hydrogens (tertiary/aromatic N) is 2. The van der Waals surface area contributed by atoms with Gasteiger partial charge in [0.05, 0.1) is 10.6 Å². The highest BCUT2D eigenvalue weighted by Crippen LogP contribution is 2.29. The number of amides is 1. The topological polar surface area (TPSA) is 79.4 Å². The highest BCUT2D eigenvalue weighted by atomic mass is 32.2. The van der Waals surface area contributed by atoms with E-state index in [1.54, 1.807) is 17.4 Å². The molecule has 1 N–H and O–H groups in total. The molecule has 1 aromatic carbocycles. The number of aromatic nitrogens is 1. The number of hydrogen-bond acceptors (Lipinski definition) is 6. The van der Waals surface area contributed by atoms with Crippen molar-refractivity contribution in [3.8, 4) is 10.6 Å². The number of rotatable bonds is 6. The van der Waals surface area contributed by atoms with Crippen molar-refractivity contribution in [2.75, 3.05) is 18.4 Å². The Balaban J connectivity index is 1.31. The molecule has 0 saturated carbocycles. The lowest BCUT2D eigenvalue weighted by Crippen LogP contribution is -2.40. The number of hydrogen-bond donors (Lipinski definition) is 1. The van der Waals surface area contributed by atoms with E-state index >= 15 is 0 Å². The van der Waals surface area contributed by atoms with Gasteiger partial charge in [0.25, 0.3) is 0 Å². The van der Waals surface area contributed by atoms with Crippen molar-refractivity contribution in [3.05, 3.63) is 64.2 Å². The summed E-state index contributed by atoms with van der Waals surface area (Å²) in [6.45, 7) is 0.662. The first-order valence-corrected chi connectivity index (χ1v) is 12.8. The summed E-state index contributed by atoms with van der Waals surface area (Å²) in [5, 5.41) is 8.62. The lowest BCUT2D eigenvalue weighted by atomic mass is 9.97. The van der Waals surface area contributed by atoms with Gasteiger partial charge < -0.3 is 5.32 Å². The Morgan fingerprint density at radius 3 is 2.57 bits per heavy atom.